The average Bonchev–Trinajstić information content (AvgIpc) is 2.82. The van der Waals surface area contributed by atoms with E-state index in [1.165, 1.54) is 32.1 Å². The highest BCUT2D eigenvalue weighted by Crippen LogP contribution is 2.29. The molecule has 2 aromatic rings. The number of hydrogen-bond donors (Lipinski definition) is 2. The van der Waals surface area contributed by atoms with Gasteiger partial charge in [-0.3, -0.25) is 0 Å². The molecule has 0 aliphatic heterocycles. The molecular formula is C17H23ClN2. The number of nitrogens with one attached hydrogen (secondary N) is 2. The highest BCUT2D eigenvalue weighted by molar-refractivity contribution is 6.36. The van der Waals surface area contributed by atoms with Crippen LogP contribution < -0.4 is 5.32 Å². The third-order valence-corrected chi connectivity index (χ3v) is 5.07. The van der Waals surface area contributed by atoms with Crippen LogP contribution in [0.25, 0.3) is 10.9 Å². The van der Waals surface area contributed by atoms with Gasteiger partial charge in [0.1, 0.15) is 0 Å². The first-order valence-electron chi connectivity index (χ1n) is 7.76. The summed E-state index contributed by atoms with van der Waals surface area (Å²) in [5, 5.41) is 5.69. The van der Waals surface area contributed by atoms with Crippen molar-refractivity contribution in [1.29, 1.82) is 0 Å². The summed E-state index contributed by atoms with van der Waals surface area (Å²) >= 11 is 6.46. The van der Waals surface area contributed by atoms with E-state index in [4.69, 9.17) is 11.6 Å². The van der Waals surface area contributed by atoms with Gasteiger partial charge in [0.15, 0.2) is 0 Å². The molecule has 0 amide bonds. The number of hydrogen-bond acceptors (Lipinski definition) is 1. The molecule has 1 aromatic heterocycles. The average molecular weight is 291 g/mol. The number of fused-ring (bicyclic) bond motifs is 1. The molecule has 2 unspecified atom stereocenters. The van der Waals surface area contributed by atoms with Gasteiger partial charge in [0.25, 0.3) is 0 Å². The maximum Gasteiger partial charge on any atom is 0.0705 e. The Hall–Kier alpha value is -0.990. The zero-order valence-corrected chi connectivity index (χ0v) is 12.8. The molecule has 1 aliphatic carbocycles. The standard InChI is InChI=1S/C17H23ClN2/c1-2-12-6-5-7-13(10-12)19-11-16-17(18)14-8-3-4-9-15(14)20-16/h3-4,8-9,12-13,19-20H,2,5-7,10-11H2,1H3. The van der Waals surface area contributed by atoms with E-state index in [0.29, 0.717) is 6.04 Å². The number of halogens is 1. The van der Waals surface area contributed by atoms with Crippen LogP contribution in [0.5, 0.6) is 0 Å². The molecule has 1 saturated carbocycles. The second kappa shape index (κ2) is 6.19. The van der Waals surface area contributed by atoms with E-state index in [1.807, 2.05) is 12.1 Å². The van der Waals surface area contributed by atoms with Gasteiger partial charge in [-0.1, -0.05) is 56.0 Å². The lowest BCUT2D eigenvalue weighted by atomic mass is 9.84. The number of rotatable bonds is 4. The fourth-order valence-corrected chi connectivity index (χ4v) is 3.66. The summed E-state index contributed by atoms with van der Waals surface area (Å²) in [7, 11) is 0. The van der Waals surface area contributed by atoms with Crippen LogP contribution in [0, 0.1) is 5.92 Å². The number of aromatic amines is 1. The quantitative estimate of drug-likeness (QED) is 0.825. The van der Waals surface area contributed by atoms with Gasteiger partial charge in [-0.2, -0.15) is 0 Å². The van der Waals surface area contributed by atoms with Crippen LogP contribution in [0.1, 0.15) is 44.7 Å². The lowest BCUT2D eigenvalue weighted by Gasteiger charge is -2.29. The zero-order chi connectivity index (χ0) is 13.9. The number of H-pyrrole nitrogens is 1. The first-order chi connectivity index (χ1) is 9.78. The molecule has 0 radical (unpaired) electrons. The molecule has 1 aromatic carbocycles. The lowest BCUT2D eigenvalue weighted by Crippen LogP contribution is -2.33. The molecular weight excluding hydrogens is 268 g/mol. The third-order valence-electron chi connectivity index (χ3n) is 4.64. The minimum Gasteiger partial charge on any atom is -0.356 e. The lowest BCUT2D eigenvalue weighted by molar-refractivity contribution is 0.278. The Kier molecular flexibility index (Phi) is 4.32. The summed E-state index contributed by atoms with van der Waals surface area (Å²) in [6, 6.07) is 8.88. The molecule has 3 rings (SSSR count). The predicted molar refractivity (Wildman–Crippen MR) is 86.2 cm³/mol. The van der Waals surface area contributed by atoms with Crippen molar-refractivity contribution in [2.24, 2.45) is 5.92 Å². The molecule has 2 atom stereocenters. The minimum absolute atomic E-state index is 0.649. The maximum absolute atomic E-state index is 6.46. The Morgan fingerprint density at radius 1 is 1.30 bits per heavy atom. The summed E-state index contributed by atoms with van der Waals surface area (Å²) < 4.78 is 0. The van der Waals surface area contributed by atoms with Crippen molar-refractivity contribution in [1.82, 2.24) is 10.3 Å². The van der Waals surface area contributed by atoms with Crippen molar-refractivity contribution in [2.75, 3.05) is 0 Å². The van der Waals surface area contributed by atoms with Gasteiger partial charge in [0.2, 0.25) is 0 Å². The van der Waals surface area contributed by atoms with Gasteiger partial charge in [0, 0.05) is 29.2 Å². The molecule has 0 spiro atoms. The van der Waals surface area contributed by atoms with Gasteiger partial charge >= 0.3 is 0 Å². The highest BCUT2D eigenvalue weighted by atomic mass is 35.5. The van der Waals surface area contributed by atoms with E-state index in [1.54, 1.807) is 0 Å². The predicted octanol–water partition coefficient (Wildman–Crippen LogP) is 4.88. The van der Waals surface area contributed by atoms with Crippen LogP contribution in [0.15, 0.2) is 24.3 Å². The number of aromatic nitrogens is 1. The molecule has 0 bridgehead atoms. The van der Waals surface area contributed by atoms with Crippen molar-refractivity contribution in [3.05, 3.63) is 35.0 Å². The van der Waals surface area contributed by atoms with Crippen LogP contribution in [0.3, 0.4) is 0 Å². The van der Waals surface area contributed by atoms with Gasteiger partial charge < -0.3 is 10.3 Å². The topological polar surface area (TPSA) is 27.8 Å². The van der Waals surface area contributed by atoms with E-state index < -0.39 is 0 Å². The Balaban J connectivity index is 1.66. The summed E-state index contributed by atoms with van der Waals surface area (Å²) in [5.74, 6) is 0.902. The van der Waals surface area contributed by atoms with Gasteiger partial charge in [0.05, 0.1) is 5.02 Å². The molecule has 108 valence electrons. The van der Waals surface area contributed by atoms with Gasteiger partial charge in [-0.15, -0.1) is 0 Å². The van der Waals surface area contributed by atoms with Crippen molar-refractivity contribution >= 4 is 22.5 Å². The molecule has 1 heterocycles. The Morgan fingerprint density at radius 2 is 2.15 bits per heavy atom. The van der Waals surface area contributed by atoms with Crippen LogP contribution in [0.4, 0.5) is 0 Å². The SMILES string of the molecule is CCC1CCCC(NCc2[nH]c3ccccc3c2Cl)C1. The van der Waals surface area contributed by atoms with Crippen molar-refractivity contribution in [3.63, 3.8) is 0 Å². The first kappa shape index (κ1) is 14.0. The summed E-state index contributed by atoms with van der Waals surface area (Å²) in [6.07, 6.45) is 6.69. The first-order valence-corrected chi connectivity index (χ1v) is 8.14. The number of para-hydroxylation sites is 1. The van der Waals surface area contributed by atoms with E-state index in [-0.39, 0.29) is 0 Å². The van der Waals surface area contributed by atoms with Crippen molar-refractivity contribution in [3.8, 4) is 0 Å². The van der Waals surface area contributed by atoms with Crippen LogP contribution >= 0.6 is 11.6 Å². The minimum atomic E-state index is 0.649. The van der Waals surface area contributed by atoms with Crippen LogP contribution in [0.2, 0.25) is 5.02 Å². The fourth-order valence-electron chi connectivity index (χ4n) is 3.38. The van der Waals surface area contributed by atoms with Crippen molar-refractivity contribution < 1.29 is 0 Å². The van der Waals surface area contributed by atoms with Crippen molar-refractivity contribution in [2.45, 2.75) is 51.6 Å². The third kappa shape index (κ3) is 2.87. The van der Waals surface area contributed by atoms with E-state index >= 15 is 0 Å². The molecule has 20 heavy (non-hydrogen) atoms. The second-order valence-electron chi connectivity index (χ2n) is 5.98. The second-order valence-corrected chi connectivity index (χ2v) is 6.36. The normalized spacial score (nSPS) is 23.3. The largest absolute Gasteiger partial charge is 0.356 e. The Labute approximate surface area is 125 Å². The monoisotopic (exact) mass is 290 g/mol. The molecule has 1 fully saturated rings. The van der Waals surface area contributed by atoms with E-state index in [9.17, 15) is 0 Å². The van der Waals surface area contributed by atoms with E-state index in [2.05, 4.69) is 29.4 Å². The molecule has 2 nitrogen and oxygen atoms in total. The zero-order valence-electron chi connectivity index (χ0n) is 12.1. The Bertz CT molecular complexity index is 575. The van der Waals surface area contributed by atoms with Gasteiger partial charge in [-0.25, -0.2) is 0 Å². The summed E-state index contributed by atoms with van der Waals surface area (Å²) in [6.45, 7) is 3.15. The number of benzene rings is 1. The summed E-state index contributed by atoms with van der Waals surface area (Å²) in [5.41, 5.74) is 2.25. The van der Waals surface area contributed by atoms with Gasteiger partial charge in [-0.05, 0) is 24.8 Å². The van der Waals surface area contributed by atoms with Crippen LogP contribution in [-0.4, -0.2) is 11.0 Å². The molecule has 1 aliphatic rings. The molecule has 0 saturated heterocycles. The van der Waals surface area contributed by atoms with Crippen LogP contribution in [-0.2, 0) is 6.54 Å². The Morgan fingerprint density at radius 3 is 2.95 bits per heavy atom. The van der Waals surface area contributed by atoms with E-state index in [0.717, 1.165) is 34.1 Å². The highest BCUT2D eigenvalue weighted by Gasteiger charge is 2.20. The maximum atomic E-state index is 6.46. The molecule has 3 heteroatoms. The summed E-state index contributed by atoms with van der Waals surface area (Å²) in [4.78, 5) is 3.43. The smallest absolute Gasteiger partial charge is 0.0705 e. The molecule has 2 N–H and O–H groups in total. The fraction of sp³-hybridized carbons (Fsp3) is 0.529.